The van der Waals surface area contributed by atoms with Crippen molar-refractivity contribution in [2.75, 3.05) is 0 Å². The zero-order valence-corrected chi connectivity index (χ0v) is 11.4. The lowest BCUT2D eigenvalue weighted by molar-refractivity contribution is -0.129. The number of benzene rings is 1. The highest BCUT2D eigenvalue weighted by atomic mass is 16.2. The van der Waals surface area contributed by atoms with Crippen LogP contribution in [-0.2, 0) is 16.1 Å². The highest BCUT2D eigenvalue weighted by Crippen LogP contribution is 2.25. The zero-order chi connectivity index (χ0) is 14.0. The monoisotopic (exact) mass is 258 g/mol. The normalized spacial score (nSPS) is 19.0. The summed E-state index contributed by atoms with van der Waals surface area (Å²) in [6, 6.07) is 9.77. The number of nitrogens with zero attached hydrogens (tertiary/aromatic N) is 1. The van der Waals surface area contributed by atoms with Crippen LogP contribution < -0.4 is 5.32 Å². The lowest BCUT2D eigenvalue weighted by atomic mass is 10.1. The smallest absolute Gasteiger partial charge is 0.251 e. The van der Waals surface area contributed by atoms with Crippen LogP contribution in [0, 0.1) is 0 Å². The Morgan fingerprint density at radius 2 is 1.89 bits per heavy atom. The topological polar surface area (TPSA) is 49.4 Å². The second-order valence-electron chi connectivity index (χ2n) is 4.83. The van der Waals surface area contributed by atoms with Gasteiger partial charge in [0.15, 0.2) is 0 Å². The molecule has 0 aromatic heterocycles. The quantitative estimate of drug-likeness (QED) is 0.899. The van der Waals surface area contributed by atoms with E-state index >= 15 is 0 Å². The molecule has 0 saturated carbocycles. The Labute approximate surface area is 113 Å². The Hall–Kier alpha value is -2.10. The van der Waals surface area contributed by atoms with E-state index in [4.69, 9.17) is 0 Å². The molecule has 1 heterocycles. The molecule has 1 aromatic rings. The molecule has 1 aliphatic rings. The van der Waals surface area contributed by atoms with Gasteiger partial charge in [-0.3, -0.25) is 9.59 Å². The van der Waals surface area contributed by atoms with Crippen molar-refractivity contribution in [1.29, 1.82) is 0 Å². The van der Waals surface area contributed by atoms with Gasteiger partial charge in [-0.15, -0.1) is 0 Å². The van der Waals surface area contributed by atoms with E-state index in [9.17, 15) is 9.59 Å². The van der Waals surface area contributed by atoms with Crippen LogP contribution in [0.3, 0.4) is 0 Å². The minimum Gasteiger partial charge on any atom is -0.332 e. The molecule has 100 valence electrons. The van der Waals surface area contributed by atoms with Crippen molar-refractivity contribution in [2.45, 2.75) is 33.5 Å². The molecule has 2 rings (SSSR count). The van der Waals surface area contributed by atoms with Gasteiger partial charge in [-0.05, 0) is 25.0 Å². The first-order chi connectivity index (χ1) is 9.00. The molecule has 0 aliphatic carbocycles. The van der Waals surface area contributed by atoms with Crippen molar-refractivity contribution >= 4 is 11.8 Å². The molecule has 1 N–H and O–H groups in total. The second-order valence-corrected chi connectivity index (χ2v) is 4.83. The van der Waals surface area contributed by atoms with E-state index in [1.165, 1.54) is 6.92 Å². The maximum absolute atomic E-state index is 12.2. The van der Waals surface area contributed by atoms with E-state index in [1.807, 2.05) is 37.3 Å². The zero-order valence-electron chi connectivity index (χ0n) is 11.4. The number of carbonyl (C=O) groups is 2. The summed E-state index contributed by atoms with van der Waals surface area (Å²) in [5.74, 6) is -0.148. The fourth-order valence-electron chi connectivity index (χ4n) is 2.26. The lowest BCUT2D eigenvalue weighted by Gasteiger charge is -2.27. The van der Waals surface area contributed by atoms with Gasteiger partial charge >= 0.3 is 0 Å². The Bertz CT molecular complexity index is 534. The summed E-state index contributed by atoms with van der Waals surface area (Å²) in [6.07, 6.45) is -0.329. The van der Waals surface area contributed by atoms with E-state index in [2.05, 4.69) is 5.32 Å². The van der Waals surface area contributed by atoms with E-state index in [1.54, 1.807) is 11.8 Å². The molecule has 2 amide bonds. The Kier molecular flexibility index (Phi) is 3.69. The van der Waals surface area contributed by atoms with Gasteiger partial charge in [0, 0.05) is 19.0 Å². The fourth-order valence-corrected chi connectivity index (χ4v) is 2.26. The van der Waals surface area contributed by atoms with Crippen molar-refractivity contribution in [3.63, 3.8) is 0 Å². The number of rotatable bonds is 3. The predicted octanol–water partition coefficient (Wildman–Crippen LogP) is 1.83. The molecule has 0 fully saturated rings. The Morgan fingerprint density at radius 3 is 2.47 bits per heavy atom. The van der Waals surface area contributed by atoms with E-state index in [-0.39, 0.29) is 18.0 Å². The van der Waals surface area contributed by atoms with Crippen LogP contribution in [-0.4, -0.2) is 22.9 Å². The molecule has 0 spiro atoms. The van der Waals surface area contributed by atoms with Crippen LogP contribution in [0.4, 0.5) is 0 Å². The van der Waals surface area contributed by atoms with Crippen molar-refractivity contribution in [1.82, 2.24) is 10.2 Å². The average molecular weight is 258 g/mol. The summed E-state index contributed by atoms with van der Waals surface area (Å²) >= 11 is 0. The maximum atomic E-state index is 12.2. The molecule has 0 radical (unpaired) electrons. The third-order valence-electron chi connectivity index (χ3n) is 3.43. The van der Waals surface area contributed by atoms with Crippen LogP contribution in [0.2, 0.25) is 0 Å². The summed E-state index contributed by atoms with van der Waals surface area (Å²) in [5, 5.41) is 2.83. The summed E-state index contributed by atoms with van der Waals surface area (Å²) in [7, 11) is 0. The summed E-state index contributed by atoms with van der Waals surface area (Å²) in [5.41, 5.74) is 2.68. The van der Waals surface area contributed by atoms with Gasteiger partial charge in [-0.25, -0.2) is 0 Å². The Balaban J connectivity index is 2.23. The van der Waals surface area contributed by atoms with Crippen LogP contribution in [0.5, 0.6) is 0 Å². The molecule has 1 unspecified atom stereocenters. The number of amides is 2. The van der Waals surface area contributed by atoms with Gasteiger partial charge in [0.25, 0.3) is 5.91 Å². The summed E-state index contributed by atoms with van der Waals surface area (Å²) < 4.78 is 0. The number of nitrogens with one attached hydrogen (secondary N) is 1. The fraction of sp³-hybridized carbons (Fsp3) is 0.333. The van der Waals surface area contributed by atoms with Gasteiger partial charge in [0.1, 0.15) is 6.17 Å². The van der Waals surface area contributed by atoms with Crippen LogP contribution in [0.15, 0.2) is 41.5 Å². The molecule has 0 saturated heterocycles. The SMILES string of the molecule is CC(=O)NC1C(C)=C(C)C(=O)N1Cc1ccccc1. The van der Waals surface area contributed by atoms with Gasteiger partial charge in [0.2, 0.25) is 5.91 Å². The summed E-state index contributed by atoms with van der Waals surface area (Å²) in [6.45, 7) is 5.65. The molecular weight excluding hydrogens is 240 g/mol. The van der Waals surface area contributed by atoms with Crippen molar-refractivity contribution in [3.8, 4) is 0 Å². The van der Waals surface area contributed by atoms with E-state index < -0.39 is 0 Å². The number of hydrogen-bond acceptors (Lipinski definition) is 2. The van der Waals surface area contributed by atoms with E-state index in [0.717, 1.165) is 16.7 Å². The third kappa shape index (κ3) is 2.67. The molecule has 19 heavy (non-hydrogen) atoms. The average Bonchev–Trinajstić information content (AvgIpc) is 2.57. The molecule has 1 atom stereocenters. The largest absolute Gasteiger partial charge is 0.332 e. The molecule has 4 nitrogen and oxygen atoms in total. The summed E-state index contributed by atoms with van der Waals surface area (Å²) in [4.78, 5) is 25.2. The molecular formula is C15H18N2O2. The van der Waals surface area contributed by atoms with Gasteiger partial charge in [-0.2, -0.15) is 0 Å². The van der Waals surface area contributed by atoms with Crippen molar-refractivity contribution in [3.05, 3.63) is 47.0 Å². The van der Waals surface area contributed by atoms with Gasteiger partial charge < -0.3 is 10.2 Å². The first-order valence-corrected chi connectivity index (χ1v) is 6.30. The van der Waals surface area contributed by atoms with Crippen LogP contribution in [0.25, 0.3) is 0 Å². The van der Waals surface area contributed by atoms with E-state index in [0.29, 0.717) is 6.54 Å². The lowest BCUT2D eigenvalue weighted by Crippen LogP contribution is -2.46. The van der Waals surface area contributed by atoms with Crippen LogP contribution in [0.1, 0.15) is 26.3 Å². The highest BCUT2D eigenvalue weighted by molar-refractivity contribution is 5.97. The number of carbonyl (C=O) groups excluding carboxylic acids is 2. The third-order valence-corrected chi connectivity index (χ3v) is 3.43. The molecule has 0 bridgehead atoms. The molecule has 1 aliphatic heterocycles. The second kappa shape index (κ2) is 5.26. The minimum absolute atomic E-state index is 0.0138. The van der Waals surface area contributed by atoms with Gasteiger partial charge in [-0.1, -0.05) is 30.3 Å². The van der Waals surface area contributed by atoms with Crippen LogP contribution >= 0.6 is 0 Å². The Morgan fingerprint density at radius 1 is 1.26 bits per heavy atom. The van der Waals surface area contributed by atoms with Gasteiger partial charge in [0.05, 0.1) is 0 Å². The standard InChI is InChI=1S/C15H18N2O2/c1-10-11(2)15(19)17(14(10)16-12(3)18)9-13-7-5-4-6-8-13/h4-8,14H,9H2,1-3H3,(H,16,18). The number of hydrogen-bond donors (Lipinski definition) is 1. The minimum atomic E-state index is -0.329. The van der Waals surface area contributed by atoms with Crippen molar-refractivity contribution < 1.29 is 9.59 Å². The highest BCUT2D eigenvalue weighted by Gasteiger charge is 2.35. The predicted molar refractivity (Wildman–Crippen MR) is 73.0 cm³/mol. The van der Waals surface area contributed by atoms with Crippen molar-refractivity contribution in [2.24, 2.45) is 0 Å². The maximum Gasteiger partial charge on any atom is 0.251 e. The first-order valence-electron chi connectivity index (χ1n) is 6.30. The molecule has 1 aromatic carbocycles. The first kappa shape index (κ1) is 13.3. The molecule has 4 heteroatoms.